The standard InChI is InChI=1S/C22H32N2O3S/c1-8-16-23-18-17(19(25)24(16)22(6,7)20(26)27-9-2)14-11-10-13(21(3,4)5)12-15(14)28-18/h13H,8-12H2,1-7H3. The van der Waals surface area contributed by atoms with Gasteiger partial charge < -0.3 is 4.74 Å². The minimum Gasteiger partial charge on any atom is -0.464 e. The molecular weight excluding hydrogens is 372 g/mol. The van der Waals surface area contributed by atoms with Crippen LogP contribution < -0.4 is 5.56 Å². The second kappa shape index (κ2) is 7.29. The number of thiophene rings is 1. The first-order valence-electron chi connectivity index (χ1n) is 10.3. The molecule has 0 N–H and O–H groups in total. The highest BCUT2D eigenvalue weighted by Gasteiger charge is 2.37. The van der Waals surface area contributed by atoms with Crippen LogP contribution in [-0.2, 0) is 34.3 Å². The van der Waals surface area contributed by atoms with Crippen molar-refractivity contribution in [2.75, 3.05) is 6.61 Å². The molecule has 1 atom stereocenters. The smallest absolute Gasteiger partial charge is 0.331 e. The molecule has 0 aliphatic heterocycles. The van der Waals surface area contributed by atoms with E-state index in [1.165, 1.54) is 4.88 Å². The number of aromatic nitrogens is 2. The van der Waals surface area contributed by atoms with Crippen molar-refractivity contribution < 1.29 is 9.53 Å². The van der Waals surface area contributed by atoms with Crippen LogP contribution in [0.4, 0.5) is 0 Å². The highest BCUT2D eigenvalue weighted by Crippen LogP contribution is 2.42. The van der Waals surface area contributed by atoms with Gasteiger partial charge in [-0.3, -0.25) is 9.36 Å². The molecule has 28 heavy (non-hydrogen) atoms. The van der Waals surface area contributed by atoms with Gasteiger partial charge in [-0.2, -0.15) is 0 Å². The Morgan fingerprint density at radius 3 is 2.50 bits per heavy atom. The molecule has 2 heterocycles. The molecule has 5 nitrogen and oxygen atoms in total. The van der Waals surface area contributed by atoms with Gasteiger partial charge in [-0.1, -0.05) is 27.7 Å². The van der Waals surface area contributed by atoms with Crippen LogP contribution in [0.2, 0.25) is 0 Å². The van der Waals surface area contributed by atoms with Crippen LogP contribution in [0.1, 0.15) is 71.2 Å². The molecule has 1 aliphatic carbocycles. The molecule has 0 amide bonds. The second-order valence-corrected chi connectivity index (χ2v) is 10.4. The van der Waals surface area contributed by atoms with E-state index in [0.29, 0.717) is 23.5 Å². The number of esters is 1. The largest absolute Gasteiger partial charge is 0.464 e. The maximum Gasteiger partial charge on any atom is 0.331 e. The minimum absolute atomic E-state index is 0.105. The number of carbonyl (C=O) groups excluding carboxylic acids is 1. The molecule has 154 valence electrons. The van der Waals surface area contributed by atoms with E-state index < -0.39 is 11.5 Å². The summed E-state index contributed by atoms with van der Waals surface area (Å²) in [5.74, 6) is 0.850. The Morgan fingerprint density at radius 1 is 1.25 bits per heavy atom. The summed E-state index contributed by atoms with van der Waals surface area (Å²) in [5, 5.41) is 0.710. The Hall–Kier alpha value is -1.69. The number of carbonyl (C=O) groups is 1. The van der Waals surface area contributed by atoms with Crippen molar-refractivity contribution in [2.24, 2.45) is 11.3 Å². The van der Waals surface area contributed by atoms with E-state index in [9.17, 15) is 9.59 Å². The molecule has 0 aromatic carbocycles. The van der Waals surface area contributed by atoms with E-state index in [2.05, 4.69) is 20.8 Å². The van der Waals surface area contributed by atoms with Crippen molar-refractivity contribution in [3.8, 4) is 0 Å². The van der Waals surface area contributed by atoms with Crippen LogP contribution in [0.5, 0.6) is 0 Å². The fourth-order valence-electron chi connectivity index (χ4n) is 4.22. The summed E-state index contributed by atoms with van der Waals surface area (Å²) in [4.78, 5) is 33.1. The third kappa shape index (κ3) is 3.40. The molecule has 1 unspecified atom stereocenters. The Balaban J connectivity index is 2.20. The van der Waals surface area contributed by atoms with Crippen LogP contribution in [0.15, 0.2) is 4.79 Å². The molecule has 0 bridgehead atoms. The second-order valence-electron chi connectivity index (χ2n) is 9.29. The predicted octanol–water partition coefficient (Wildman–Crippen LogP) is 4.47. The minimum atomic E-state index is -1.09. The van der Waals surface area contributed by atoms with Gasteiger partial charge in [0.2, 0.25) is 0 Å². The first-order valence-corrected chi connectivity index (χ1v) is 11.1. The molecule has 1 aliphatic rings. The Morgan fingerprint density at radius 2 is 1.93 bits per heavy atom. The third-order valence-electron chi connectivity index (χ3n) is 6.03. The zero-order chi connectivity index (χ0) is 20.9. The summed E-state index contributed by atoms with van der Waals surface area (Å²) >= 11 is 1.66. The van der Waals surface area contributed by atoms with Crippen LogP contribution in [0.25, 0.3) is 10.2 Å². The summed E-state index contributed by atoms with van der Waals surface area (Å²) in [5.41, 5.74) is 0.208. The topological polar surface area (TPSA) is 61.2 Å². The SMILES string of the molecule is CCOC(=O)C(C)(C)n1c(CC)nc2sc3c(c2c1=O)CCC(C(C)(C)C)C3. The normalized spacial score (nSPS) is 17.6. The van der Waals surface area contributed by atoms with Gasteiger partial charge in [-0.05, 0) is 56.9 Å². The lowest BCUT2D eigenvalue weighted by molar-refractivity contribution is -0.152. The van der Waals surface area contributed by atoms with Gasteiger partial charge in [0.15, 0.2) is 0 Å². The highest BCUT2D eigenvalue weighted by atomic mass is 32.1. The quantitative estimate of drug-likeness (QED) is 0.706. The summed E-state index contributed by atoms with van der Waals surface area (Å²) in [6, 6.07) is 0. The molecule has 0 saturated heterocycles. The molecule has 0 spiro atoms. The van der Waals surface area contributed by atoms with Gasteiger partial charge >= 0.3 is 5.97 Å². The Bertz CT molecular complexity index is 963. The molecule has 6 heteroatoms. The van der Waals surface area contributed by atoms with Crippen molar-refractivity contribution in [1.82, 2.24) is 9.55 Å². The van der Waals surface area contributed by atoms with Crippen molar-refractivity contribution in [3.05, 3.63) is 26.6 Å². The summed E-state index contributed by atoms with van der Waals surface area (Å²) < 4.78 is 6.82. The van der Waals surface area contributed by atoms with E-state index in [0.717, 1.165) is 29.7 Å². The van der Waals surface area contributed by atoms with E-state index >= 15 is 0 Å². The first kappa shape index (κ1) is 21.0. The van der Waals surface area contributed by atoms with Gasteiger partial charge in [0.05, 0.1) is 12.0 Å². The van der Waals surface area contributed by atoms with Crippen molar-refractivity contribution in [2.45, 2.75) is 79.7 Å². The number of nitrogens with zero attached hydrogens (tertiary/aromatic N) is 2. The first-order chi connectivity index (χ1) is 13.0. The Kier molecular flexibility index (Phi) is 5.47. The molecule has 0 radical (unpaired) electrons. The average Bonchev–Trinajstić information content (AvgIpc) is 2.98. The molecule has 2 aromatic heterocycles. The lowest BCUT2D eigenvalue weighted by Crippen LogP contribution is -2.46. The summed E-state index contributed by atoms with van der Waals surface area (Å²) in [7, 11) is 0. The number of ether oxygens (including phenoxy) is 1. The molecule has 0 saturated carbocycles. The maximum absolute atomic E-state index is 13.6. The van der Waals surface area contributed by atoms with Crippen LogP contribution in [0.3, 0.4) is 0 Å². The van der Waals surface area contributed by atoms with Gasteiger partial charge in [-0.15, -0.1) is 11.3 Å². The van der Waals surface area contributed by atoms with E-state index in [1.54, 1.807) is 36.7 Å². The summed E-state index contributed by atoms with van der Waals surface area (Å²) in [6.45, 7) is 14.4. The zero-order valence-electron chi connectivity index (χ0n) is 18.1. The Labute approximate surface area is 171 Å². The third-order valence-corrected chi connectivity index (χ3v) is 7.18. The molecule has 0 fully saturated rings. The van der Waals surface area contributed by atoms with Crippen molar-refractivity contribution >= 4 is 27.5 Å². The monoisotopic (exact) mass is 404 g/mol. The zero-order valence-corrected chi connectivity index (χ0v) is 19.0. The van der Waals surface area contributed by atoms with E-state index in [1.807, 2.05) is 6.92 Å². The lowest BCUT2D eigenvalue weighted by atomic mass is 9.72. The fraction of sp³-hybridized carbons (Fsp3) is 0.682. The maximum atomic E-state index is 13.6. The molecule has 3 rings (SSSR count). The summed E-state index contributed by atoms with van der Waals surface area (Å²) in [6.07, 6.45) is 3.57. The van der Waals surface area contributed by atoms with Crippen LogP contribution in [0, 0.1) is 11.3 Å². The number of rotatable bonds is 4. The molecular formula is C22H32N2O3S. The van der Waals surface area contributed by atoms with Crippen molar-refractivity contribution in [3.63, 3.8) is 0 Å². The van der Waals surface area contributed by atoms with Gasteiger partial charge in [0.25, 0.3) is 5.56 Å². The van der Waals surface area contributed by atoms with E-state index in [-0.39, 0.29) is 17.6 Å². The van der Waals surface area contributed by atoms with Gasteiger partial charge in [0.1, 0.15) is 16.2 Å². The number of aryl methyl sites for hydroxylation is 2. The predicted molar refractivity (Wildman–Crippen MR) is 114 cm³/mol. The lowest BCUT2D eigenvalue weighted by Gasteiger charge is -2.33. The van der Waals surface area contributed by atoms with Crippen LogP contribution >= 0.6 is 11.3 Å². The number of fused-ring (bicyclic) bond motifs is 3. The number of hydrogen-bond acceptors (Lipinski definition) is 5. The van der Waals surface area contributed by atoms with Gasteiger partial charge in [0, 0.05) is 11.3 Å². The number of hydrogen-bond donors (Lipinski definition) is 0. The highest BCUT2D eigenvalue weighted by molar-refractivity contribution is 7.18. The van der Waals surface area contributed by atoms with Crippen molar-refractivity contribution in [1.29, 1.82) is 0 Å². The average molecular weight is 405 g/mol. The fourth-order valence-corrected chi connectivity index (χ4v) is 5.53. The van der Waals surface area contributed by atoms with Crippen LogP contribution in [-0.4, -0.2) is 22.1 Å². The van der Waals surface area contributed by atoms with Gasteiger partial charge in [-0.25, -0.2) is 9.78 Å². The molecule has 2 aromatic rings. The van der Waals surface area contributed by atoms with E-state index in [4.69, 9.17) is 9.72 Å².